The summed E-state index contributed by atoms with van der Waals surface area (Å²) in [6.07, 6.45) is 4.31. The number of ether oxygens (including phenoxy) is 3. The van der Waals surface area contributed by atoms with E-state index in [1.807, 2.05) is 43.3 Å². The van der Waals surface area contributed by atoms with Crippen molar-refractivity contribution in [3.05, 3.63) is 59.9 Å². The van der Waals surface area contributed by atoms with Gasteiger partial charge in [0.1, 0.15) is 17.9 Å². The largest absolute Gasteiger partial charge is 0.497 e. The van der Waals surface area contributed by atoms with Gasteiger partial charge in [0, 0.05) is 37.3 Å². The van der Waals surface area contributed by atoms with Crippen molar-refractivity contribution < 1.29 is 19.0 Å². The standard InChI is InChI=1S/C31H34N6O4/c1-3-40-30-24(5-4-11-34-30)25-7-9-27(28(36-25)29(38)35-21-10-12-33-17-21)41-23-14-31(15-23)18-37(19-31)26-8-6-22(39-2)13-20(26)16-32/h4-9,11,13,21,23,33H,3,10,12,14-15,17-19H2,1-2H3,(H,35,38). The van der Waals surface area contributed by atoms with Crippen molar-refractivity contribution in [2.24, 2.45) is 5.41 Å². The Morgan fingerprint density at radius 3 is 2.83 bits per heavy atom. The number of carbonyl (C=O) groups is 1. The summed E-state index contributed by atoms with van der Waals surface area (Å²) in [6, 6.07) is 15.4. The zero-order valence-corrected chi connectivity index (χ0v) is 23.4. The van der Waals surface area contributed by atoms with Crippen LogP contribution in [0.5, 0.6) is 17.4 Å². The molecule has 1 atom stereocenters. The van der Waals surface area contributed by atoms with Gasteiger partial charge in [0.25, 0.3) is 5.91 Å². The smallest absolute Gasteiger partial charge is 0.274 e. The van der Waals surface area contributed by atoms with E-state index in [1.54, 1.807) is 19.4 Å². The van der Waals surface area contributed by atoms with Crippen molar-refractivity contribution in [3.8, 4) is 34.7 Å². The second kappa shape index (κ2) is 11.3. The van der Waals surface area contributed by atoms with Crippen LogP contribution in [-0.4, -0.2) is 67.9 Å². The summed E-state index contributed by atoms with van der Waals surface area (Å²) >= 11 is 0. The number of nitrogens with one attached hydrogen (secondary N) is 2. The van der Waals surface area contributed by atoms with Gasteiger partial charge in [-0.1, -0.05) is 0 Å². The van der Waals surface area contributed by atoms with E-state index in [-0.39, 0.29) is 29.2 Å². The second-order valence-electron chi connectivity index (χ2n) is 11.0. The molecule has 6 rings (SSSR count). The number of amides is 1. The molecule has 212 valence electrons. The van der Waals surface area contributed by atoms with Crippen LogP contribution in [0.2, 0.25) is 0 Å². The van der Waals surface area contributed by atoms with E-state index >= 15 is 0 Å². The summed E-state index contributed by atoms with van der Waals surface area (Å²) in [4.78, 5) is 24.8. The van der Waals surface area contributed by atoms with Crippen LogP contribution in [0, 0.1) is 16.7 Å². The molecule has 2 saturated heterocycles. The molecular weight excluding hydrogens is 520 g/mol. The molecule has 3 aromatic rings. The maximum atomic E-state index is 13.4. The normalized spacial score (nSPS) is 19.1. The third-order valence-electron chi connectivity index (χ3n) is 8.13. The fourth-order valence-corrected chi connectivity index (χ4v) is 6.09. The molecule has 3 aliphatic rings. The predicted octanol–water partition coefficient (Wildman–Crippen LogP) is 3.56. The SMILES string of the molecule is CCOc1ncccc1-c1ccc(OC2CC3(C2)CN(c2ccc(OC)cc2C#N)C3)c(C(=O)NC2CCNC2)n1. The maximum Gasteiger partial charge on any atom is 0.274 e. The van der Waals surface area contributed by atoms with Gasteiger partial charge in [-0.2, -0.15) is 5.26 Å². The molecular formula is C31H34N6O4. The number of aromatic nitrogens is 2. The van der Waals surface area contributed by atoms with E-state index in [4.69, 9.17) is 19.2 Å². The summed E-state index contributed by atoms with van der Waals surface area (Å²) < 4.78 is 17.4. The molecule has 2 aromatic heterocycles. The highest BCUT2D eigenvalue weighted by Crippen LogP contribution is 2.51. The van der Waals surface area contributed by atoms with Gasteiger partial charge in [0.15, 0.2) is 11.4 Å². The lowest BCUT2D eigenvalue weighted by molar-refractivity contribution is -0.0344. The third kappa shape index (κ3) is 5.37. The van der Waals surface area contributed by atoms with Crippen LogP contribution in [-0.2, 0) is 0 Å². The van der Waals surface area contributed by atoms with Crippen molar-refractivity contribution in [2.45, 2.75) is 38.3 Å². The van der Waals surface area contributed by atoms with Crippen molar-refractivity contribution in [2.75, 3.05) is 44.8 Å². The molecule has 1 spiro atoms. The number of hydrogen-bond donors (Lipinski definition) is 2. The molecule has 2 aliphatic heterocycles. The van der Waals surface area contributed by atoms with Crippen LogP contribution in [0.3, 0.4) is 0 Å². The maximum absolute atomic E-state index is 13.4. The lowest BCUT2D eigenvalue weighted by Crippen LogP contribution is -2.65. The minimum absolute atomic E-state index is 0.00632. The molecule has 2 N–H and O–H groups in total. The van der Waals surface area contributed by atoms with Crippen LogP contribution < -0.4 is 29.7 Å². The Morgan fingerprint density at radius 2 is 2.10 bits per heavy atom. The van der Waals surface area contributed by atoms with Crippen LogP contribution in [0.4, 0.5) is 5.69 Å². The van der Waals surface area contributed by atoms with Gasteiger partial charge in [-0.05, 0) is 75.2 Å². The molecule has 3 fully saturated rings. The first kappa shape index (κ1) is 26.8. The van der Waals surface area contributed by atoms with Gasteiger partial charge in [0.05, 0.1) is 36.2 Å². The minimum atomic E-state index is -0.246. The minimum Gasteiger partial charge on any atom is -0.497 e. The van der Waals surface area contributed by atoms with Crippen LogP contribution in [0.15, 0.2) is 48.7 Å². The predicted molar refractivity (Wildman–Crippen MR) is 153 cm³/mol. The lowest BCUT2D eigenvalue weighted by Gasteiger charge is -2.59. The first-order chi connectivity index (χ1) is 20.0. The van der Waals surface area contributed by atoms with Crippen LogP contribution in [0.25, 0.3) is 11.3 Å². The highest BCUT2D eigenvalue weighted by atomic mass is 16.5. The molecule has 1 unspecified atom stereocenters. The van der Waals surface area contributed by atoms with E-state index in [2.05, 4.69) is 26.6 Å². The van der Waals surface area contributed by atoms with E-state index in [0.717, 1.165) is 56.7 Å². The average Bonchev–Trinajstić information content (AvgIpc) is 3.47. The Balaban J connectivity index is 1.17. The highest BCUT2D eigenvalue weighted by molar-refractivity contribution is 5.96. The Bertz CT molecular complexity index is 1470. The molecule has 1 aromatic carbocycles. The number of nitriles is 1. The number of benzene rings is 1. The van der Waals surface area contributed by atoms with E-state index in [9.17, 15) is 10.1 Å². The third-order valence-corrected chi connectivity index (χ3v) is 8.13. The Morgan fingerprint density at radius 1 is 1.24 bits per heavy atom. The van der Waals surface area contributed by atoms with Gasteiger partial charge in [0.2, 0.25) is 5.88 Å². The van der Waals surface area contributed by atoms with E-state index < -0.39 is 0 Å². The van der Waals surface area contributed by atoms with Gasteiger partial charge in [-0.15, -0.1) is 0 Å². The molecule has 10 nitrogen and oxygen atoms in total. The number of anilines is 1. The first-order valence-electron chi connectivity index (χ1n) is 14.1. The average molecular weight is 555 g/mol. The first-order valence-corrected chi connectivity index (χ1v) is 14.1. The molecule has 41 heavy (non-hydrogen) atoms. The molecule has 4 heterocycles. The second-order valence-corrected chi connectivity index (χ2v) is 11.0. The Kier molecular flexibility index (Phi) is 7.37. The van der Waals surface area contributed by atoms with Crippen molar-refractivity contribution >= 4 is 11.6 Å². The Labute approximate surface area is 239 Å². The van der Waals surface area contributed by atoms with E-state index in [1.165, 1.54) is 0 Å². The quantitative estimate of drug-likeness (QED) is 0.409. The number of nitrogens with zero attached hydrogens (tertiary/aromatic N) is 4. The van der Waals surface area contributed by atoms with Crippen molar-refractivity contribution in [1.29, 1.82) is 5.26 Å². The molecule has 0 radical (unpaired) electrons. The fourth-order valence-electron chi connectivity index (χ4n) is 6.09. The summed E-state index contributed by atoms with van der Waals surface area (Å²) in [6.45, 7) is 5.74. The molecule has 0 bridgehead atoms. The zero-order valence-electron chi connectivity index (χ0n) is 23.4. The lowest BCUT2D eigenvalue weighted by atomic mass is 9.61. The summed E-state index contributed by atoms with van der Waals surface area (Å²) in [5.41, 5.74) is 3.32. The molecule has 1 amide bonds. The van der Waals surface area contributed by atoms with Gasteiger partial charge >= 0.3 is 0 Å². The Hall–Kier alpha value is -4.36. The number of methoxy groups -OCH3 is 1. The molecule has 10 heteroatoms. The van der Waals surface area contributed by atoms with Gasteiger partial charge < -0.3 is 29.7 Å². The number of hydrogen-bond acceptors (Lipinski definition) is 9. The summed E-state index contributed by atoms with van der Waals surface area (Å²) in [7, 11) is 1.60. The number of carbonyl (C=O) groups excluding carboxylic acids is 1. The van der Waals surface area contributed by atoms with E-state index in [0.29, 0.717) is 35.2 Å². The van der Waals surface area contributed by atoms with Crippen LogP contribution >= 0.6 is 0 Å². The molecule has 1 aliphatic carbocycles. The van der Waals surface area contributed by atoms with Crippen molar-refractivity contribution in [3.63, 3.8) is 0 Å². The summed E-state index contributed by atoms with van der Waals surface area (Å²) in [5, 5.41) is 16.0. The van der Waals surface area contributed by atoms with Gasteiger partial charge in [-0.3, -0.25) is 4.79 Å². The zero-order chi connectivity index (χ0) is 28.4. The topological polar surface area (TPSA) is 122 Å². The number of pyridine rings is 2. The number of rotatable bonds is 9. The fraction of sp³-hybridized carbons (Fsp3) is 0.419. The van der Waals surface area contributed by atoms with Gasteiger partial charge in [-0.25, -0.2) is 9.97 Å². The van der Waals surface area contributed by atoms with Crippen LogP contribution in [0.1, 0.15) is 42.2 Å². The summed E-state index contributed by atoms with van der Waals surface area (Å²) in [5.74, 6) is 1.40. The van der Waals surface area contributed by atoms with Crippen molar-refractivity contribution in [1.82, 2.24) is 20.6 Å². The monoisotopic (exact) mass is 554 g/mol. The highest BCUT2D eigenvalue weighted by Gasteiger charge is 2.54. The molecule has 1 saturated carbocycles.